The molecule has 0 amide bonds. The van der Waals surface area contributed by atoms with Crippen LogP contribution in [-0.2, 0) is 11.3 Å². The Morgan fingerprint density at radius 2 is 2.06 bits per heavy atom. The van der Waals surface area contributed by atoms with E-state index in [2.05, 4.69) is 18.2 Å². The predicted octanol–water partition coefficient (Wildman–Crippen LogP) is 3.31. The van der Waals surface area contributed by atoms with Gasteiger partial charge in [-0.3, -0.25) is 0 Å². The summed E-state index contributed by atoms with van der Waals surface area (Å²) in [6.45, 7) is 1.75. The van der Waals surface area contributed by atoms with Crippen molar-refractivity contribution in [3.63, 3.8) is 0 Å². The van der Waals surface area contributed by atoms with Gasteiger partial charge in [0.25, 0.3) is 0 Å². The molecule has 1 aliphatic carbocycles. The lowest BCUT2D eigenvalue weighted by Crippen LogP contribution is -2.11. The molecule has 1 aromatic carbocycles. The maximum absolute atomic E-state index is 9.13. The summed E-state index contributed by atoms with van der Waals surface area (Å²) in [6, 6.07) is 10.3. The molecule has 0 aliphatic heterocycles. The van der Waals surface area contributed by atoms with Crippen molar-refractivity contribution in [2.75, 3.05) is 13.2 Å². The molecule has 0 radical (unpaired) electrons. The standard InChI is InChI=1S/C16H22O2/c17-12-16-8-4-7-14(11-16)9-10-18-13-15-5-2-1-3-6-15/h1-3,5-6,8,14,17H,4,7,9-13H2/t14-/m0/s1. The van der Waals surface area contributed by atoms with Crippen LogP contribution >= 0.6 is 0 Å². The Morgan fingerprint density at radius 3 is 2.83 bits per heavy atom. The van der Waals surface area contributed by atoms with Crippen molar-refractivity contribution >= 4 is 0 Å². The third-order valence-corrected chi connectivity index (χ3v) is 3.54. The van der Waals surface area contributed by atoms with Crippen molar-refractivity contribution in [1.29, 1.82) is 0 Å². The molecule has 2 heteroatoms. The van der Waals surface area contributed by atoms with Crippen molar-refractivity contribution in [3.05, 3.63) is 47.5 Å². The van der Waals surface area contributed by atoms with Gasteiger partial charge in [-0.05, 0) is 42.7 Å². The molecule has 18 heavy (non-hydrogen) atoms. The van der Waals surface area contributed by atoms with E-state index in [1.54, 1.807) is 0 Å². The minimum Gasteiger partial charge on any atom is -0.392 e. The number of hydrogen-bond acceptors (Lipinski definition) is 2. The van der Waals surface area contributed by atoms with Crippen molar-refractivity contribution in [3.8, 4) is 0 Å². The van der Waals surface area contributed by atoms with E-state index in [0.29, 0.717) is 12.5 Å². The third-order valence-electron chi connectivity index (χ3n) is 3.54. The van der Waals surface area contributed by atoms with Gasteiger partial charge in [-0.1, -0.05) is 36.4 Å². The van der Waals surface area contributed by atoms with E-state index < -0.39 is 0 Å². The van der Waals surface area contributed by atoms with Crippen LogP contribution in [0.3, 0.4) is 0 Å². The highest BCUT2D eigenvalue weighted by Gasteiger charge is 2.14. The highest BCUT2D eigenvalue weighted by Crippen LogP contribution is 2.26. The summed E-state index contributed by atoms with van der Waals surface area (Å²) in [5, 5.41) is 9.13. The van der Waals surface area contributed by atoms with Crippen LogP contribution in [0.1, 0.15) is 31.2 Å². The van der Waals surface area contributed by atoms with E-state index in [9.17, 15) is 0 Å². The van der Waals surface area contributed by atoms with Gasteiger partial charge in [0.15, 0.2) is 0 Å². The van der Waals surface area contributed by atoms with Crippen LogP contribution in [0.4, 0.5) is 0 Å². The van der Waals surface area contributed by atoms with Crippen LogP contribution < -0.4 is 0 Å². The van der Waals surface area contributed by atoms with Crippen molar-refractivity contribution < 1.29 is 9.84 Å². The number of benzene rings is 1. The Balaban J connectivity index is 1.63. The summed E-state index contributed by atoms with van der Waals surface area (Å²) in [6.07, 6.45) is 6.67. The normalized spacial score (nSPS) is 19.6. The minimum absolute atomic E-state index is 0.224. The molecule has 0 saturated heterocycles. The van der Waals surface area contributed by atoms with E-state index in [-0.39, 0.29) is 6.61 Å². The first kappa shape index (κ1) is 13.3. The Labute approximate surface area is 109 Å². The van der Waals surface area contributed by atoms with Crippen LogP contribution in [0.2, 0.25) is 0 Å². The summed E-state index contributed by atoms with van der Waals surface area (Å²) in [5.74, 6) is 0.688. The zero-order valence-electron chi connectivity index (χ0n) is 10.8. The molecule has 1 aromatic rings. The monoisotopic (exact) mass is 246 g/mol. The Morgan fingerprint density at radius 1 is 1.22 bits per heavy atom. The van der Waals surface area contributed by atoms with E-state index in [4.69, 9.17) is 9.84 Å². The second-order valence-electron chi connectivity index (χ2n) is 4.99. The quantitative estimate of drug-likeness (QED) is 0.616. The molecule has 0 bridgehead atoms. The molecule has 0 aromatic heterocycles. The molecule has 0 saturated carbocycles. The lowest BCUT2D eigenvalue weighted by molar-refractivity contribution is 0.105. The molecule has 98 valence electrons. The van der Waals surface area contributed by atoms with Gasteiger partial charge in [0.05, 0.1) is 13.2 Å². The molecule has 1 atom stereocenters. The minimum atomic E-state index is 0.224. The van der Waals surface area contributed by atoms with Gasteiger partial charge in [-0.15, -0.1) is 0 Å². The van der Waals surface area contributed by atoms with Crippen LogP contribution in [0, 0.1) is 5.92 Å². The second-order valence-corrected chi connectivity index (χ2v) is 4.99. The zero-order chi connectivity index (χ0) is 12.6. The fourth-order valence-corrected chi connectivity index (χ4v) is 2.47. The predicted molar refractivity (Wildman–Crippen MR) is 73.2 cm³/mol. The molecule has 2 nitrogen and oxygen atoms in total. The van der Waals surface area contributed by atoms with Crippen molar-refractivity contribution in [2.24, 2.45) is 5.92 Å². The first-order chi connectivity index (χ1) is 8.88. The average molecular weight is 246 g/mol. The van der Waals surface area contributed by atoms with Gasteiger partial charge >= 0.3 is 0 Å². The van der Waals surface area contributed by atoms with Gasteiger partial charge < -0.3 is 9.84 Å². The first-order valence-corrected chi connectivity index (χ1v) is 6.79. The van der Waals surface area contributed by atoms with E-state index in [0.717, 1.165) is 25.9 Å². The lowest BCUT2D eigenvalue weighted by atomic mass is 9.87. The highest BCUT2D eigenvalue weighted by molar-refractivity contribution is 5.13. The molecular formula is C16H22O2. The number of aliphatic hydroxyl groups is 1. The van der Waals surface area contributed by atoms with Crippen LogP contribution in [-0.4, -0.2) is 18.3 Å². The number of ether oxygens (including phenoxy) is 1. The first-order valence-electron chi connectivity index (χ1n) is 6.79. The van der Waals surface area contributed by atoms with Gasteiger partial charge in [-0.25, -0.2) is 0 Å². The summed E-state index contributed by atoms with van der Waals surface area (Å²) in [7, 11) is 0. The molecule has 0 unspecified atom stereocenters. The molecule has 1 N–H and O–H groups in total. The summed E-state index contributed by atoms with van der Waals surface area (Å²) in [4.78, 5) is 0. The van der Waals surface area contributed by atoms with Crippen LogP contribution in [0.25, 0.3) is 0 Å². The smallest absolute Gasteiger partial charge is 0.0716 e. The molecule has 2 rings (SSSR count). The largest absolute Gasteiger partial charge is 0.392 e. The van der Waals surface area contributed by atoms with Crippen molar-refractivity contribution in [1.82, 2.24) is 0 Å². The van der Waals surface area contributed by atoms with Gasteiger partial charge in [0, 0.05) is 6.61 Å². The van der Waals surface area contributed by atoms with Gasteiger partial charge in [0.1, 0.15) is 0 Å². The number of aliphatic hydroxyl groups excluding tert-OH is 1. The Hall–Kier alpha value is -1.12. The topological polar surface area (TPSA) is 29.5 Å². The molecule has 0 fully saturated rings. The molecule has 0 spiro atoms. The average Bonchev–Trinajstić information content (AvgIpc) is 2.45. The third kappa shape index (κ3) is 4.28. The second kappa shape index (κ2) is 7.34. The fourth-order valence-electron chi connectivity index (χ4n) is 2.47. The van der Waals surface area contributed by atoms with Crippen LogP contribution in [0.5, 0.6) is 0 Å². The molecule has 1 aliphatic rings. The van der Waals surface area contributed by atoms with Gasteiger partial charge in [0.2, 0.25) is 0 Å². The molecule has 0 heterocycles. The Kier molecular flexibility index (Phi) is 5.43. The Bertz CT molecular complexity index is 370. The van der Waals surface area contributed by atoms with E-state index in [1.165, 1.54) is 17.6 Å². The number of rotatable bonds is 6. The fraction of sp³-hybridized carbons (Fsp3) is 0.500. The highest BCUT2D eigenvalue weighted by atomic mass is 16.5. The summed E-state index contributed by atoms with van der Waals surface area (Å²) < 4.78 is 5.71. The molecular weight excluding hydrogens is 224 g/mol. The maximum atomic E-state index is 9.13. The number of allylic oxidation sites excluding steroid dienone is 1. The maximum Gasteiger partial charge on any atom is 0.0716 e. The van der Waals surface area contributed by atoms with E-state index >= 15 is 0 Å². The summed E-state index contributed by atoms with van der Waals surface area (Å²) in [5.41, 5.74) is 2.44. The van der Waals surface area contributed by atoms with Crippen LogP contribution in [0.15, 0.2) is 42.0 Å². The van der Waals surface area contributed by atoms with E-state index in [1.807, 2.05) is 18.2 Å². The zero-order valence-corrected chi connectivity index (χ0v) is 10.8. The van der Waals surface area contributed by atoms with Gasteiger partial charge in [-0.2, -0.15) is 0 Å². The lowest BCUT2D eigenvalue weighted by Gasteiger charge is -2.21. The summed E-state index contributed by atoms with van der Waals surface area (Å²) >= 11 is 0. The SMILES string of the molecule is OCC1=CCC[C@@H](CCOCc2ccccc2)C1. The van der Waals surface area contributed by atoms with Crippen molar-refractivity contribution in [2.45, 2.75) is 32.3 Å². The number of hydrogen-bond donors (Lipinski definition) is 1.